The lowest BCUT2D eigenvalue weighted by atomic mass is 10.1. The fraction of sp³-hybridized carbons (Fsp3) is 0.444. The van der Waals surface area contributed by atoms with Crippen LogP contribution in [-0.2, 0) is 6.54 Å². The summed E-state index contributed by atoms with van der Waals surface area (Å²) < 4.78 is 39.0. The van der Waals surface area contributed by atoms with Crippen LogP contribution in [0.25, 0.3) is 6.08 Å². The Hall–Kier alpha value is -1.92. The monoisotopic (exact) mass is 357 g/mol. The van der Waals surface area contributed by atoms with Crippen LogP contribution in [0.4, 0.5) is 17.3 Å². The van der Waals surface area contributed by atoms with Gasteiger partial charge in [-0.3, -0.25) is 0 Å². The SMILES string of the molecule is C=Cc1ccc(CN2C=CN(CCCCCC)C2)cc1.F[B-](F)(F)F. The Balaban J connectivity index is 0.000000550. The highest BCUT2D eigenvalue weighted by atomic mass is 19.5. The van der Waals surface area contributed by atoms with Gasteiger partial charge in [0.2, 0.25) is 0 Å². The molecule has 7 heteroatoms. The van der Waals surface area contributed by atoms with Crippen LogP contribution in [0.3, 0.4) is 0 Å². The van der Waals surface area contributed by atoms with Gasteiger partial charge in [0, 0.05) is 25.5 Å². The Morgan fingerprint density at radius 2 is 1.60 bits per heavy atom. The molecule has 0 aromatic heterocycles. The van der Waals surface area contributed by atoms with Crippen LogP contribution >= 0.6 is 0 Å². The van der Waals surface area contributed by atoms with E-state index in [4.69, 9.17) is 0 Å². The zero-order valence-corrected chi connectivity index (χ0v) is 14.7. The topological polar surface area (TPSA) is 6.48 Å². The van der Waals surface area contributed by atoms with Gasteiger partial charge in [0.05, 0.1) is 6.67 Å². The van der Waals surface area contributed by atoms with Crippen molar-refractivity contribution in [3.63, 3.8) is 0 Å². The van der Waals surface area contributed by atoms with E-state index < -0.39 is 7.25 Å². The van der Waals surface area contributed by atoms with Crippen molar-refractivity contribution in [1.29, 1.82) is 0 Å². The molecule has 1 aliphatic heterocycles. The molecular formula is C18H26BF4N2-. The third-order valence-corrected chi connectivity index (χ3v) is 3.75. The molecule has 0 saturated heterocycles. The summed E-state index contributed by atoms with van der Waals surface area (Å²) >= 11 is 0. The molecule has 1 aromatic rings. The molecule has 2 nitrogen and oxygen atoms in total. The molecule has 0 amide bonds. The van der Waals surface area contributed by atoms with E-state index in [1.807, 2.05) is 6.08 Å². The molecule has 25 heavy (non-hydrogen) atoms. The first-order valence-electron chi connectivity index (χ1n) is 8.57. The van der Waals surface area contributed by atoms with Crippen LogP contribution in [-0.4, -0.2) is 30.3 Å². The minimum Gasteiger partial charge on any atom is -0.418 e. The first kappa shape index (κ1) is 21.1. The Morgan fingerprint density at radius 3 is 2.16 bits per heavy atom. The summed E-state index contributed by atoms with van der Waals surface area (Å²) in [6.07, 6.45) is 11.6. The van der Waals surface area contributed by atoms with Gasteiger partial charge in [-0.25, -0.2) is 0 Å². The van der Waals surface area contributed by atoms with Crippen molar-refractivity contribution in [1.82, 2.24) is 9.80 Å². The van der Waals surface area contributed by atoms with Crippen LogP contribution in [0, 0.1) is 0 Å². The fourth-order valence-corrected chi connectivity index (χ4v) is 2.50. The predicted molar refractivity (Wildman–Crippen MR) is 97.1 cm³/mol. The van der Waals surface area contributed by atoms with Gasteiger partial charge in [-0.15, -0.1) is 0 Å². The summed E-state index contributed by atoms with van der Waals surface area (Å²) in [4.78, 5) is 4.77. The van der Waals surface area contributed by atoms with E-state index in [2.05, 4.69) is 60.0 Å². The largest absolute Gasteiger partial charge is 0.673 e. The number of hydrogen-bond donors (Lipinski definition) is 0. The Bertz CT molecular complexity index is 523. The van der Waals surface area contributed by atoms with E-state index in [-0.39, 0.29) is 0 Å². The molecule has 0 N–H and O–H groups in total. The molecular weight excluding hydrogens is 331 g/mol. The van der Waals surface area contributed by atoms with Crippen molar-refractivity contribution < 1.29 is 17.3 Å². The minimum absolute atomic E-state index is 0.985. The van der Waals surface area contributed by atoms with Crippen molar-refractivity contribution in [2.45, 2.75) is 39.2 Å². The van der Waals surface area contributed by atoms with E-state index in [1.54, 1.807) is 0 Å². The van der Waals surface area contributed by atoms with Crippen LogP contribution < -0.4 is 0 Å². The minimum atomic E-state index is -6.00. The van der Waals surface area contributed by atoms with Crippen LogP contribution in [0.1, 0.15) is 43.7 Å². The highest BCUT2D eigenvalue weighted by molar-refractivity contribution is 6.50. The molecule has 1 aromatic carbocycles. The Kier molecular flexibility index (Phi) is 9.17. The van der Waals surface area contributed by atoms with Gasteiger partial charge in [-0.2, -0.15) is 0 Å². The number of halogens is 4. The van der Waals surface area contributed by atoms with E-state index in [9.17, 15) is 17.3 Å². The molecule has 0 saturated carbocycles. The molecule has 0 aliphatic carbocycles. The molecule has 1 heterocycles. The average Bonchev–Trinajstić information content (AvgIpc) is 2.98. The number of nitrogens with zero attached hydrogens (tertiary/aromatic N) is 2. The maximum Gasteiger partial charge on any atom is 0.673 e. The lowest BCUT2D eigenvalue weighted by Gasteiger charge is -2.21. The second-order valence-corrected chi connectivity index (χ2v) is 6.00. The lowest BCUT2D eigenvalue weighted by Crippen LogP contribution is -2.25. The first-order valence-corrected chi connectivity index (χ1v) is 8.57. The van der Waals surface area contributed by atoms with Crippen molar-refractivity contribution >= 4 is 13.3 Å². The van der Waals surface area contributed by atoms with Gasteiger partial charge in [0.25, 0.3) is 0 Å². The van der Waals surface area contributed by atoms with Crippen LogP contribution in [0.15, 0.2) is 43.2 Å². The number of benzene rings is 1. The molecule has 0 radical (unpaired) electrons. The summed E-state index contributed by atoms with van der Waals surface area (Å²) in [5.74, 6) is 0. The molecule has 140 valence electrons. The summed E-state index contributed by atoms with van der Waals surface area (Å²) in [7, 11) is -6.00. The highest BCUT2D eigenvalue weighted by Gasteiger charge is 2.20. The van der Waals surface area contributed by atoms with E-state index in [0.29, 0.717) is 0 Å². The normalized spacial score (nSPS) is 13.6. The summed E-state index contributed by atoms with van der Waals surface area (Å²) in [5, 5.41) is 0. The molecule has 2 rings (SSSR count). The predicted octanol–water partition coefficient (Wildman–Crippen LogP) is 5.76. The summed E-state index contributed by atoms with van der Waals surface area (Å²) in [6, 6.07) is 8.64. The van der Waals surface area contributed by atoms with Crippen molar-refractivity contribution in [3.05, 3.63) is 54.4 Å². The third kappa shape index (κ3) is 10.5. The quantitative estimate of drug-likeness (QED) is 0.332. The molecule has 0 unspecified atom stereocenters. The summed E-state index contributed by atoms with van der Waals surface area (Å²) in [5.41, 5.74) is 2.54. The molecule has 0 spiro atoms. The van der Waals surface area contributed by atoms with E-state index in [1.165, 1.54) is 43.4 Å². The van der Waals surface area contributed by atoms with E-state index >= 15 is 0 Å². The Morgan fingerprint density at radius 1 is 1.00 bits per heavy atom. The van der Waals surface area contributed by atoms with E-state index in [0.717, 1.165) is 13.2 Å². The van der Waals surface area contributed by atoms with Crippen LogP contribution in [0.2, 0.25) is 0 Å². The second kappa shape index (κ2) is 10.8. The number of unbranched alkanes of at least 4 members (excludes halogenated alkanes) is 3. The summed E-state index contributed by atoms with van der Waals surface area (Å²) in [6.45, 7) is 9.24. The highest BCUT2D eigenvalue weighted by Crippen LogP contribution is 2.14. The molecule has 0 fully saturated rings. The van der Waals surface area contributed by atoms with Gasteiger partial charge < -0.3 is 27.1 Å². The molecule has 0 atom stereocenters. The van der Waals surface area contributed by atoms with Gasteiger partial charge in [-0.05, 0) is 17.5 Å². The number of rotatable bonds is 8. The van der Waals surface area contributed by atoms with Crippen molar-refractivity contribution in [2.75, 3.05) is 13.2 Å². The van der Waals surface area contributed by atoms with Crippen molar-refractivity contribution in [3.8, 4) is 0 Å². The van der Waals surface area contributed by atoms with Gasteiger partial charge in [0.15, 0.2) is 0 Å². The smallest absolute Gasteiger partial charge is 0.418 e. The van der Waals surface area contributed by atoms with Gasteiger partial charge >= 0.3 is 7.25 Å². The maximum absolute atomic E-state index is 9.75. The lowest BCUT2D eigenvalue weighted by molar-refractivity contribution is 0.256. The zero-order valence-electron chi connectivity index (χ0n) is 14.7. The van der Waals surface area contributed by atoms with Gasteiger partial charge in [-0.1, -0.05) is 63.1 Å². The van der Waals surface area contributed by atoms with Crippen molar-refractivity contribution in [2.24, 2.45) is 0 Å². The standard InChI is InChI=1S/C18H26N2.BF4/c1-3-5-6-7-12-19-13-14-20(16-19)15-18-10-8-17(4-2)9-11-18;2-1(3,4)5/h4,8-11,13-14H,2-3,5-7,12,15-16H2,1H3;/q;-1. The third-order valence-electron chi connectivity index (χ3n) is 3.75. The molecule has 0 bridgehead atoms. The number of hydrogen-bond acceptors (Lipinski definition) is 2. The second-order valence-electron chi connectivity index (χ2n) is 6.00. The average molecular weight is 357 g/mol. The Labute approximate surface area is 147 Å². The zero-order chi connectivity index (χ0) is 18.7. The van der Waals surface area contributed by atoms with Gasteiger partial charge in [0.1, 0.15) is 0 Å². The molecule has 1 aliphatic rings. The van der Waals surface area contributed by atoms with Crippen LogP contribution in [0.5, 0.6) is 0 Å². The fourth-order valence-electron chi connectivity index (χ4n) is 2.50. The first-order chi connectivity index (χ1) is 11.8. The maximum atomic E-state index is 9.75.